The van der Waals surface area contributed by atoms with Crippen LogP contribution in [0.3, 0.4) is 0 Å². The molecule has 0 aromatic heterocycles. The average Bonchev–Trinajstić information content (AvgIpc) is 3.01. The quantitative estimate of drug-likeness (QED) is 0.856. The summed E-state index contributed by atoms with van der Waals surface area (Å²) in [6.45, 7) is 6.06. The van der Waals surface area contributed by atoms with Crippen molar-refractivity contribution in [3.05, 3.63) is 35.4 Å². The first kappa shape index (κ1) is 14.4. The molecule has 1 aromatic carbocycles. The third kappa shape index (κ3) is 2.77. The fourth-order valence-corrected chi connectivity index (χ4v) is 3.13. The largest absolute Gasteiger partial charge is 0.338 e. The Morgan fingerprint density at radius 1 is 1.26 bits per heavy atom. The van der Waals surface area contributed by atoms with E-state index in [1.165, 1.54) is 12.0 Å². The topological polar surface area (TPSA) is 32.3 Å². The maximum atomic E-state index is 12.4. The predicted molar refractivity (Wildman–Crippen MR) is 78.9 cm³/mol. The Labute approximate surface area is 120 Å². The molecule has 1 N–H and O–H groups in total. The van der Waals surface area contributed by atoms with Crippen molar-refractivity contribution in [2.45, 2.75) is 19.8 Å². The Bertz CT molecular complexity index is 452. The number of rotatable bonds is 1. The van der Waals surface area contributed by atoms with Gasteiger partial charge < -0.3 is 10.2 Å². The molecule has 1 amide bonds. The van der Waals surface area contributed by atoms with Crippen LogP contribution < -0.4 is 5.32 Å². The van der Waals surface area contributed by atoms with Crippen molar-refractivity contribution in [1.29, 1.82) is 0 Å². The second kappa shape index (κ2) is 5.51. The maximum absolute atomic E-state index is 12.4. The lowest BCUT2D eigenvalue weighted by molar-refractivity contribution is 0.0775. The standard InChI is InChI=1S/C15H20N2O.ClH/c1-12-2-4-13(5-3-12)14(18)17-9-7-15(11-17)6-8-16-10-15;/h2-5,16H,6-11H2,1H3;1H. The normalized spacial score (nSPS) is 25.6. The highest BCUT2D eigenvalue weighted by atomic mass is 35.5. The summed E-state index contributed by atoms with van der Waals surface area (Å²) in [7, 11) is 0. The molecule has 2 aliphatic heterocycles. The molecule has 3 nitrogen and oxygen atoms in total. The van der Waals surface area contributed by atoms with Gasteiger partial charge >= 0.3 is 0 Å². The second-order valence-corrected chi connectivity index (χ2v) is 5.77. The van der Waals surface area contributed by atoms with Crippen LogP contribution in [-0.2, 0) is 0 Å². The van der Waals surface area contributed by atoms with Gasteiger partial charge in [-0.25, -0.2) is 0 Å². The summed E-state index contributed by atoms with van der Waals surface area (Å²) >= 11 is 0. The summed E-state index contributed by atoms with van der Waals surface area (Å²) in [6.07, 6.45) is 2.36. The number of likely N-dealkylation sites (tertiary alicyclic amines) is 1. The van der Waals surface area contributed by atoms with E-state index in [1.807, 2.05) is 36.1 Å². The van der Waals surface area contributed by atoms with E-state index in [9.17, 15) is 4.79 Å². The lowest BCUT2D eigenvalue weighted by Crippen LogP contribution is -2.33. The van der Waals surface area contributed by atoms with E-state index in [4.69, 9.17) is 0 Å². The molecule has 0 radical (unpaired) electrons. The number of carbonyl (C=O) groups is 1. The number of halogens is 1. The van der Waals surface area contributed by atoms with Gasteiger partial charge in [0.05, 0.1) is 0 Å². The molecule has 1 spiro atoms. The van der Waals surface area contributed by atoms with E-state index in [0.29, 0.717) is 5.41 Å². The van der Waals surface area contributed by atoms with Crippen molar-refractivity contribution < 1.29 is 4.79 Å². The number of aryl methyl sites for hydroxylation is 1. The van der Waals surface area contributed by atoms with Gasteiger partial charge in [-0.3, -0.25) is 4.79 Å². The van der Waals surface area contributed by atoms with Gasteiger partial charge in [0.1, 0.15) is 0 Å². The minimum Gasteiger partial charge on any atom is -0.338 e. The molecular weight excluding hydrogens is 260 g/mol. The summed E-state index contributed by atoms with van der Waals surface area (Å²) in [5, 5.41) is 3.42. The van der Waals surface area contributed by atoms with Crippen LogP contribution >= 0.6 is 12.4 Å². The maximum Gasteiger partial charge on any atom is 0.253 e. The minimum absolute atomic E-state index is 0. The number of benzene rings is 1. The Kier molecular flexibility index (Phi) is 4.16. The van der Waals surface area contributed by atoms with Gasteiger partial charge in [0.25, 0.3) is 5.91 Å². The molecule has 104 valence electrons. The number of carbonyl (C=O) groups excluding carboxylic acids is 1. The lowest BCUT2D eigenvalue weighted by Gasteiger charge is -2.22. The third-order valence-electron chi connectivity index (χ3n) is 4.36. The van der Waals surface area contributed by atoms with Gasteiger partial charge in [-0.2, -0.15) is 0 Å². The molecule has 2 fully saturated rings. The van der Waals surface area contributed by atoms with Gasteiger partial charge in [-0.05, 0) is 38.4 Å². The van der Waals surface area contributed by atoms with Crippen LogP contribution in [0, 0.1) is 12.3 Å². The highest BCUT2D eigenvalue weighted by Crippen LogP contribution is 2.36. The minimum atomic E-state index is 0. The smallest absolute Gasteiger partial charge is 0.253 e. The van der Waals surface area contributed by atoms with Crippen molar-refractivity contribution >= 4 is 18.3 Å². The van der Waals surface area contributed by atoms with Gasteiger partial charge in [0, 0.05) is 30.6 Å². The first-order valence-corrected chi connectivity index (χ1v) is 6.75. The highest BCUT2D eigenvalue weighted by Gasteiger charge is 2.41. The molecule has 4 heteroatoms. The van der Waals surface area contributed by atoms with E-state index in [2.05, 4.69) is 5.32 Å². The Morgan fingerprint density at radius 2 is 2.00 bits per heavy atom. The van der Waals surface area contributed by atoms with E-state index in [1.54, 1.807) is 0 Å². The van der Waals surface area contributed by atoms with E-state index in [-0.39, 0.29) is 18.3 Å². The average molecular weight is 281 g/mol. The van der Waals surface area contributed by atoms with Crippen LogP contribution in [0.5, 0.6) is 0 Å². The van der Waals surface area contributed by atoms with E-state index < -0.39 is 0 Å². The fraction of sp³-hybridized carbons (Fsp3) is 0.533. The van der Waals surface area contributed by atoms with Crippen LogP contribution in [0.25, 0.3) is 0 Å². The molecule has 0 saturated carbocycles. The number of nitrogens with zero attached hydrogens (tertiary/aromatic N) is 1. The van der Waals surface area contributed by atoms with Gasteiger partial charge in [0.15, 0.2) is 0 Å². The van der Waals surface area contributed by atoms with Crippen molar-refractivity contribution in [2.24, 2.45) is 5.41 Å². The molecule has 1 unspecified atom stereocenters. The fourth-order valence-electron chi connectivity index (χ4n) is 3.13. The summed E-state index contributed by atoms with van der Waals surface area (Å²) in [5.41, 5.74) is 2.38. The van der Waals surface area contributed by atoms with Crippen LogP contribution in [0.1, 0.15) is 28.8 Å². The monoisotopic (exact) mass is 280 g/mol. The number of hydrogen-bond donors (Lipinski definition) is 1. The summed E-state index contributed by atoms with van der Waals surface area (Å²) in [6, 6.07) is 7.90. The first-order valence-electron chi connectivity index (χ1n) is 6.75. The number of amides is 1. The van der Waals surface area contributed by atoms with Gasteiger partial charge in [0.2, 0.25) is 0 Å². The van der Waals surface area contributed by atoms with Gasteiger partial charge in [-0.15, -0.1) is 12.4 Å². The zero-order chi connectivity index (χ0) is 12.6. The third-order valence-corrected chi connectivity index (χ3v) is 4.36. The predicted octanol–water partition coefficient (Wildman–Crippen LogP) is 2.24. The van der Waals surface area contributed by atoms with Gasteiger partial charge in [-0.1, -0.05) is 17.7 Å². The SMILES string of the molecule is Cc1ccc(C(=O)N2CCC3(CCNC3)C2)cc1.Cl. The van der Waals surface area contributed by atoms with Crippen molar-refractivity contribution in [1.82, 2.24) is 10.2 Å². The molecule has 0 bridgehead atoms. The van der Waals surface area contributed by atoms with Crippen LogP contribution in [0.2, 0.25) is 0 Å². The number of nitrogens with one attached hydrogen (secondary N) is 1. The molecule has 2 heterocycles. The Balaban J connectivity index is 0.00000133. The van der Waals surface area contributed by atoms with Crippen LogP contribution in [0.4, 0.5) is 0 Å². The second-order valence-electron chi connectivity index (χ2n) is 5.77. The molecule has 1 atom stereocenters. The summed E-state index contributed by atoms with van der Waals surface area (Å²) in [4.78, 5) is 14.4. The first-order chi connectivity index (χ1) is 8.69. The van der Waals surface area contributed by atoms with E-state index in [0.717, 1.165) is 38.2 Å². The molecule has 2 aliphatic rings. The van der Waals surface area contributed by atoms with Crippen molar-refractivity contribution in [2.75, 3.05) is 26.2 Å². The zero-order valence-corrected chi connectivity index (χ0v) is 12.1. The molecule has 1 aromatic rings. The van der Waals surface area contributed by atoms with Crippen molar-refractivity contribution in [3.8, 4) is 0 Å². The Hall–Kier alpha value is -1.06. The molecule has 3 rings (SSSR count). The number of hydrogen-bond acceptors (Lipinski definition) is 2. The Morgan fingerprint density at radius 3 is 2.63 bits per heavy atom. The molecular formula is C15H21ClN2O. The van der Waals surface area contributed by atoms with Crippen LogP contribution in [0.15, 0.2) is 24.3 Å². The van der Waals surface area contributed by atoms with E-state index >= 15 is 0 Å². The molecule has 0 aliphatic carbocycles. The lowest BCUT2D eigenvalue weighted by atomic mass is 9.86. The van der Waals surface area contributed by atoms with Crippen molar-refractivity contribution in [3.63, 3.8) is 0 Å². The summed E-state index contributed by atoms with van der Waals surface area (Å²) in [5.74, 6) is 0.193. The molecule has 2 saturated heterocycles. The highest BCUT2D eigenvalue weighted by molar-refractivity contribution is 5.94. The summed E-state index contributed by atoms with van der Waals surface area (Å²) < 4.78 is 0. The molecule has 19 heavy (non-hydrogen) atoms. The van der Waals surface area contributed by atoms with Crippen LogP contribution in [-0.4, -0.2) is 37.0 Å². The zero-order valence-electron chi connectivity index (χ0n) is 11.3.